The van der Waals surface area contributed by atoms with Crippen molar-refractivity contribution < 1.29 is 14.5 Å². The Labute approximate surface area is 136 Å². The van der Waals surface area contributed by atoms with Crippen LogP contribution in [0.15, 0.2) is 24.3 Å². The molecular weight excluding hydrogens is 298 g/mol. The average molecular weight is 323 g/mol. The molecular formula is C16H25N3O4. The maximum atomic E-state index is 11.8. The fourth-order valence-electron chi connectivity index (χ4n) is 1.88. The molecule has 0 spiro atoms. The number of benzene rings is 1. The van der Waals surface area contributed by atoms with E-state index in [1.54, 1.807) is 19.2 Å². The molecule has 7 heteroatoms. The number of amides is 1. The molecule has 1 N–H and O–H groups in total. The van der Waals surface area contributed by atoms with E-state index < -0.39 is 10.5 Å². The summed E-state index contributed by atoms with van der Waals surface area (Å²) in [6, 6.07) is 6.46. The van der Waals surface area contributed by atoms with Crippen molar-refractivity contribution in [3.8, 4) is 0 Å². The number of hydrogen-bond donors (Lipinski definition) is 1. The van der Waals surface area contributed by atoms with E-state index in [4.69, 9.17) is 4.74 Å². The third-order valence-corrected chi connectivity index (χ3v) is 3.21. The molecule has 1 aromatic carbocycles. The van der Waals surface area contributed by atoms with E-state index in [-0.39, 0.29) is 17.8 Å². The van der Waals surface area contributed by atoms with Gasteiger partial charge in [0.2, 0.25) is 0 Å². The molecule has 0 bridgehead atoms. The predicted molar refractivity (Wildman–Crippen MR) is 88.4 cm³/mol. The van der Waals surface area contributed by atoms with Crippen LogP contribution in [0.2, 0.25) is 0 Å². The number of likely N-dealkylation sites (N-methyl/N-ethyl adjacent to an activating group) is 1. The van der Waals surface area contributed by atoms with Crippen LogP contribution >= 0.6 is 0 Å². The van der Waals surface area contributed by atoms with E-state index in [2.05, 4.69) is 5.32 Å². The summed E-state index contributed by atoms with van der Waals surface area (Å²) in [6.07, 6.45) is -0.359. The van der Waals surface area contributed by atoms with Crippen molar-refractivity contribution in [1.82, 2.24) is 10.2 Å². The van der Waals surface area contributed by atoms with E-state index in [1.807, 2.05) is 27.7 Å². The molecule has 7 nitrogen and oxygen atoms in total. The summed E-state index contributed by atoms with van der Waals surface area (Å²) < 4.78 is 5.27. The largest absolute Gasteiger partial charge is 0.444 e. The minimum Gasteiger partial charge on any atom is -0.444 e. The minimum atomic E-state index is -0.509. The second-order valence-corrected chi connectivity index (χ2v) is 6.43. The number of nitro groups is 1. The van der Waals surface area contributed by atoms with Crippen LogP contribution in [-0.4, -0.2) is 41.7 Å². The van der Waals surface area contributed by atoms with Gasteiger partial charge in [0.1, 0.15) is 5.60 Å². The molecule has 0 aliphatic carbocycles. The number of nitro benzene ring substituents is 1. The summed E-state index contributed by atoms with van der Waals surface area (Å²) in [5, 5.41) is 13.9. The third-order valence-electron chi connectivity index (χ3n) is 3.21. The Hall–Kier alpha value is -2.15. The monoisotopic (exact) mass is 323 g/mol. The molecule has 0 fully saturated rings. The zero-order valence-electron chi connectivity index (χ0n) is 14.3. The lowest BCUT2D eigenvalue weighted by atomic mass is 10.1. The lowest BCUT2D eigenvalue weighted by molar-refractivity contribution is -0.384. The van der Waals surface area contributed by atoms with Crippen LogP contribution in [-0.2, 0) is 4.74 Å². The number of carbonyl (C=O) groups excluding carboxylic acids is 1. The SMILES string of the molecule is CC(NCCN(C)C(=O)OC(C)(C)C)c1ccc([N+](=O)[O-])cc1. The van der Waals surface area contributed by atoms with E-state index in [1.165, 1.54) is 17.0 Å². The van der Waals surface area contributed by atoms with E-state index in [0.717, 1.165) is 5.56 Å². The number of rotatable bonds is 6. The molecule has 0 saturated heterocycles. The second kappa shape index (κ2) is 7.92. The summed E-state index contributed by atoms with van der Waals surface area (Å²) in [5.74, 6) is 0. The topological polar surface area (TPSA) is 84.7 Å². The summed E-state index contributed by atoms with van der Waals surface area (Å²) in [5.41, 5.74) is 0.520. The molecule has 0 heterocycles. The first-order valence-corrected chi connectivity index (χ1v) is 7.52. The Kier molecular flexibility index (Phi) is 6.50. The van der Waals surface area contributed by atoms with Gasteiger partial charge in [-0.3, -0.25) is 10.1 Å². The third kappa shape index (κ3) is 6.65. The number of nitrogens with one attached hydrogen (secondary N) is 1. The lowest BCUT2D eigenvalue weighted by Gasteiger charge is -2.25. The zero-order valence-corrected chi connectivity index (χ0v) is 14.3. The van der Waals surface area contributed by atoms with Crippen molar-refractivity contribution in [2.75, 3.05) is 20.1 Å². The quantitative estimate of drug-likeness (QED) is 0.642. The zero-order chi connectivity index (χ0) is 17.6. The van der Waals surface area contributed by atoms with Gasteiger partial charge in [0, 0.05) is 38.3 Å². The van der Waals surface area contributed by atoms with Crippen LogP contribution in [0.25, 0.3) is 0 Å². The average Bonchev–Trinajstić information content (AvgIpc) is 2.45. The van der Waals surface area contributed by atoms with Crippen LogP contribution in [0.3, 0.4) is 0 Å². The Balaban J connectivity index is 2.42. The van der Waals surface area contributed by atoms with Crippen molar-refractivity contribution in [1.29, 1.82) is 0 Å². The first kappa shape index (κ1) is 18.9. The molecule has 0 saturated carbocycles. The van der Waals surface area contributed by atoms with Crippen LogP contribution < -0.4 is 5.32 Å². The van der Waals surface area contributed by atoms with Gasteiger partial charge in [-0.1, -0.05) is 12.1 Å². The normalized spacial score (nSPS) is 12.6. The van der Waals surface area contributed by atoms with Gasteiger partial charge in [-0.05, 0) is 33.3 Å². The Morgan fingerprint density at radius 1 is 1.35 bits per heavy atom. The summed E-state index contributed by atoms with van der Waals surface area (Å²) in [4.78, 5) is 23.5. The maximum Gasteiger partial charge on any atom is 0.410 e. The summed E-state index contributed by atoms with van der Waals surface area (Å²) in [7, 11) is 1.69. The van der Waals surface area contributed by atoms with Gasteiger partial charge >= 0.3 is 6.09 Å². The van der Waals surface area contributed by atoms with Crippen LogP contribution in [0, 0.1) is 10.1 Å². The lowest BCUT2D eigenvalue weighted by Crippen LogP contribution is -2.38. The Bertz CT molecular complexity index is 537. The smallest absolute Gasteiger partial charge is 0.410 e. The molecule has 1 atom stereocenters. The highest BCUT2D eigenvalue weighted by Crippen LogP contribution is 2.17. The standard InChI is InChI=1S/C16H25N3O4/c1-12(13-6-8-14(9-7-13)19(21)22)17-10-11-18(5)15(20)23-16(2,3)4/h6-9,12,17H,10-11H2,1-5H3. The molecule has 128 valence electrons. The fourth-order valence-corrected chi connectivity index (χ4v) is 1.88. The van der Waals surface area contributed by atoms with Gasteiger partial charge in [-0.25, -0.2) is 4.79 Å². The van der Waals surface area contributed by atoms with Crippen molar-refractivity contribution in [2.45, 2.75) is 39.3 Å². The summed E-state index contributed by atoms with van der Waals surface area (Å²) >= 11 is 0. The Morgan fingerprint density at radius 2 is 1.91 bits per heavy atom. The Morgan fingerprint density at radius 3 is 2.39 bits per heavy atom. The van der Waals surface area contributed by atoms with Crippen molar-refractivity contribution in [3.05, 3.63) is 39.9 Å². The highest BCUT2D eigenvalue weighted by molar-refractivity contribution is 5.67. The second-order valence-electron chi connectivity index (χ2n) is 6.43. The van der Waals surface area contributed by atoms with Gasteiger partial charge in [-0.15, -0.1) is 0 Å². The van der Waals surface area contributed by atoms with Crippen molar-refractivity contribution >= 4 is 11.8 Å². The summed E-state index contributed by atoms with van der Waals surface area (Å²) in [6.45, 7) is 8.55. The van der Waals surface area contributed by atoms with E-state index >= 15 is 0 Å². The maximum absolute atomic E-state index is 11.8. The van der Waals surface area contributed by atoms with Crippen molar-refractivity contribution in [2.24, 2.45) is 0 Å². The molecule has 1 amide bonds. The van der Waals surface area contributed by atoms with Gasteiger partial charge in [0.05, 0.1) is 4.92 Å². The number of carbonyl (C=O) groups is 1. The van der Waals surface area contributed by atoms with Crippen LogP contribution in [0.1, 0.15) is 39.3 Å². The van der Waals surface area contributed by atoms with Gasteiger partial charge in [0.15, 0.2) is 0 Å². The number of hydrogen-bond acceptors (Lipinski definition) is 5. The van der Waals surface area contributed by atoms with Gasteiger partial charge in [0.25, 0.3) is 5.69 Å². The first-order valence-electron chi connectivity index (χ1n) is 7.52. The predicted octanol–water partition coefficient (Wildman–Crippen LogP) is 3.11. The molecule has 1 aromatic rings. The number of nitrogens with zero attached hydrogens (tertiary/aromatic N) is 2. The molecule has 23 heavy (non-hydrogen) atoms. The van der Waals surface area contributed by atoms with Crippen LogP contribution in [0.4, 0.5) is 10.5 Å². The molecule has 0 aliphatic rings. The van der Waals surface area contributed by atoms with Crippen molar-refractivity contribution in [3.63, 3.8) is 0 Å². The number of non-ortho nitro benzene ring substituents is 1. The molecule has 0 radical (unpaired) electrons. The van der Waals surface area contributed by atoms with E-state index in [0.29, 0.717) is 13.1 Å². The molecule has 1 rings (SSSR count). The minimum absolute atomic E-state index is 0.0304. The molecule has 1 unspecified atom stereocenters. The molecule has 0 aromatic heterocycles. The molecule has 0 aliphatic heterocycles. The fraction of sp³-hybridized carbons (Fsp3) is 0.562. The highest BCUT2D eigenvalue weighted by atomic mass is 16.6. The highest BCUT2D eigenvalue weighted by Gasteiger charge is 2.19. The van der Waals surface area contributed by atoms with Crippen LogP contribution in [0.5, 0.6) is 0 Å². The van der Waals surface area contributed by atoms with Gasteiger partial charge in [-0.2, -0.15) is 0 Å². The van der Waals surface area contributed by atoms with Gasteiger partial charge < -0.3 is 15.0 Å². The van der Waals surface area contributed by atoms with E-state index in [9.17, 15) is 14.9 Å². The first-order chi connectivity index (χ1) is 10.6. The number of ether oxygens (including phenoxy) is 1.